The number of nitrogens with one attached hydrogen (secondary N) is 2. The molecule has 0 aliphatic carbocycles. The van der Waals surface area contributed by atoms with E-state index >= 15 is 0 Å². The largest absolute Gasteiger partial charge is 1.00 e. The van der Waals surface area contributed by atoms with Gasteiger partial charge in [0.1, 0.15) is 30.2 Å². The summed E-state index contributed by atoms with van der Waals surface area (Å²) < 4.78 is 42.2. The van der Waals surface area contributed by atoms with Gasteiger partial charge in [-0.15, -0.1) is 0 Å². The van der Waals surface area contributed by atoms with Crippen LogP contribution in [0.15, 0.2) is 70.8 Å². The normalized spacial score (nSPS) is 11.0. The summed E-state index contributed by atoms with van der Waals surface area (Å²) in [5, 5.41) is 21.6. The molecule has 6 heterocycles. The van der Waals surface area contributed by atoms with Crippen molar-refractivity contribution in [3.8, 4) is 22.8 Å². The molecule has 0 saturated carbocycles. The molecule has 0 aliphatic heterocycles. The molecule has 0 saturated heterocycles. The first-order valence-corrected chi connectivity index (χ1v) is 21.0. The van der Waals surface area contributed by atoms with Crippen molar-refractivity contribution in [3.63, 3.8) is 0 Å². The molecule has 0 fully saturated rings. The molecular formula is C45H51F2KN17O5-. The monoisotopic (exact) mass is 986 g/mol. The minimum absolute atomic E-state index is 0. The fourth-order valence-electron chi connectivity index (χ4n) is 6.05. The summed E-state index contributed by atoms with van der Waals surface area (Å²) in [7, 11) is 3.60. The van der Waals surface area contributed by atoms with Gasteiger partial charge in [-0.25, -0.2) is 33.7 Å². The summed E-state index contributed by atoms with van der Waals surface area (Å²) in [5.74, 6) is 0.758. The molecule has 0 amide bonds. The average molecular weight is 987 g/mol. The molecule has 2 aromatic carbocycles. The van der Waals surface area contributed by atoms with Gasteiger partial charge in [-0.05, 0) is 66.8 Å². The Bertz CT molecular complexity index is 3030. The van der Waals surface area contributed by atoms with Gasteiger partial charge in [0, 0.05) is 50.3 Å². The van der Waals surface area contributed by atoms with Crippen molar-refractivity contribution in [2.75, 3.05) is 10.6 Å². The second kappa shape index (κ2) is 24.4. The predicted octanol–water partition coefficient (Wildman–Crippen LogP) is 3.53. The molecular weight excluding hydrogens is 936 g/mol. The number of aryl methyl sites for hydroxylation is 5. The fourth-order valence-corrected chi connectivity index (χ4v) is 6.05. The molecule has 70 heavy (non-hydrogen) atoms. The van der Waals surface area contributed by atoms with E-state index in [4.69, 9.17) is 10.3 Å². The quantitative estimate of drug-likeness (QED) is 0.0895. The van der Waals surface area contributed by atoms with E-state index < -0.39 is 11.6 Å². The van der Waals surface area contributed by atoms with Gasteiger partial charge in [0.05, 0.1) is 34.9 Å². The van der Waals surface area contributed by atoms with Gasteiger partial charge in [0.25, 0.3) is 5.89 Å². The molecule has 0 spiro atoms. The number of rotatable bonds is 12. The summed E-state index contributed by atoms with van der Waals surface area (Å²) in [6.07, 6.45) is 11.5. The second-order valence-electron chi connectivity index (χ2n) is 17.4. The van der Waals surface area contributed by atoms with E-state index in [0.717, 1.165) is 22.4 Å². The van der Waals surface area contributed by atoms with Crippen LogP contribution in [0.25, 0.3) is 22.8 Å². The van der Waals surface area contributed by atoms with Gasteiger partial charge in [-0.2, -0.15) is 31.4 Å². The van der Waals surface area contributed by atoms with Gasteiger partial charge < -0.3 is 35.7 Å². The fraction of sp³-hybridized carbons (Fsp3) is 0.333. The van der Waals surface area contributed by atoms with Crippen LogP contribution in [0.5, 0.6) is 0 Å². The van der Waals surface area contributed by atoms with Crippen molar-refractivity contribution in [2.45, 2.75) is 85.6 Å². The molecule has 5 N–H and O–H groups in total. The zero-order chi connectivity index (χ0) is 49.3. The van der Waals surface area contributed by atoms with Crippen LogP contribution in [-0.2, 0) is 42.7 Å². The SMILES string of the molecule is CC(C)(C)c1noc([C-]=O)n1.Cc1cc(-c2ncnc(Nc3cnn(C)c3)n2)c(F)cc1CCC(=O)c1nc(C(C)(C)C)no1.Cc1cc(-c2ncnc(Nc3cnn(C)c3)n2)c(F)cc1CN.[K+].[OH-]. The smallest absolute Gasteiger partial charge is 0.870 e. The first-order chi connectivity index (χ1) is 32.2. The van der Waals surface area contributed by atoms with E-state index in [-0.39, 0.29) is 121 Å². The van der Waals surface area contributed by atoms with Crippen LogP contribution < -0.4 is 67.8 Å². The van der Waals surface area contributed by atoms with Gasteiger partial charge in [-0.3, -0.25) is 14.2 Å². The van der Waals surface area contributed by atoms with E-state index in [1.165, 1.54) is 31.1 Å². The first-order valence-electron chi connectivity index (χ1n) is 21.0. The number of hydrogen-bond acceptors (Lipinski definition) is 20. The summed E-state index contributed by atoms with van der Waals surface area (Å²) in [6.45, 7) is 15.6. The van der Waals surface area contributed by atoms with Gasteiger partial charge >= 0.3 is 51.4 Å². The topological polar surface area (TPSA) is 305 Å². The Hall–Kier alpha value is -6.48. The molecule has 8 rings (SSSR count). The first kappa shape index (κ1) is 56.1. The number of nitrogens with two attached hydrogens (primary N) is 1. The van der Waals surface area contributed by atoms with E-state index in [9.17, 15) is 18.4 Å². The molecule has 22 nitrogen and oxygen atoms in total. The van der Waals surface area contributed by atoms with Crippen LogP contribution in [0.3, 0.4) is 0 Å². The molecule has 0 radical (unpaired) electrons. The molecule has 8 aromatic rings. The molecule has 0 atom stereocenters. The zero-order valence-electron chi connectivity index (χ0n) is 40.6. The number of ketones is 1. The number of carbonyl (C=O) groups excluding carboxylic acids is 2. The van der Waals surface area contributed by atoms with E-state index in [2.05, 4.69) is 75.5 Å². The number of anilines is 4. The number of benzene rings is 2. The maximum absolute atomic E-state index is 15.0. The Morgan fingerprint density at radius 1 is 0.714 bits per heavy atom. The van der Waals surface area contributed by atoms with Crippen LogP contribution in [-0.4, -0.2) is 87.3 Å². The minimum Gasteiger partial charge on any atom is -0.870 e. The Balaban J connectivity index is 0.000000255. The summed E-state index contributed by atoms with van der Waals surface area (Å²) in [5.41, 5.74) is 10.3. The molecule has 362 valence electrons. The van der Waals surface area contributed by atoms with E-state index in [1.807, 2.05) is 55.4 Å². The second-order valence-corrected chi connectivity index (χ2v) is 17.4. The van der Waals surface area contributed by atoms with Crippen LogP contribution in [0.1, 0.15) is 98.4 Å². The van der Waals surface area contributed by atoms with Crippen LogP contribution in [0, 0.1) is 25.5 Å². The van der Waals surface area contributed by atoms with E-state index in [1.54, 1.807) is 60.4 Å². The molecule has 25 heteroatoms. The maximum Gasteiger partial charge on any atom is 1.00 e. The summed E-state index contributed by atoms with van der Waals surface area (Å²) in [4.78, 5) is 55.4. The third-order valence-electron chi connectivity index (χ3n) is 9.76. The number of Topliss-reactive ketones (excluding diaryl/α,β-unsaturated/α-hetero) is 1. The maximum atomic E-state index is 15.0. The number of halogens is 2. The van der Waals surface area contributed by atoms with Crippen molar-refractivity contribution in [1.29, 1.82) is 0 Å². The average Bonchev–Trinajstić information content (AvgIpc) is 4.14. The number of aromatic nitrogens is 14. The molecule has 0 aliphatic rings. The standard InChI is InChI=1S/C23H25FN8O2.C15H16FN7.C7H9N2O2.K.H2O/c1-13-8-16(19-25-12-26-22(29-19)28-15-10-27-32(5)11-15)17(24)9-14(13)6-7-18(33)20-30-21(31-34-20)23(2,3)4;1-9-3-12(13(16)4-10(9)5-17)14-18-8-19-15(22-14)21-11-6-20-23(2)7-11;1-7(2,3)6-8-5(4-10)11-9-6;;/h8-12H,6-7H2,1-5H3,(H,25,26,28,29);3-4,6-8H,5,17H2,1-2H3,(H,18,19,21,22);1-3H3;;1H2/q;;-1;+1;/p-1. The number of nitrogens with zero attached hydrogens (tertiary/aromatic N) is 14. The van der Waals surface area contributed by atoms with Crippen LogP contribution in [0.2, 0.25) is 0 Å². The van der Waals surface area contributed by atoms with Crippen LogP contribution in [0.4, 0.5) is 32.1 Å². The number of hydrogen-bond donors (Lipinski definition) is 3. The van der Waals surface area contributed by atoms with Gasteiger partial charge in [0.15, 0.2) is 23.3 Å². The van der Waals surface area contributed by atoms with Crippen molar-refractivity contribution in [1.82, 2.24) is 69.7 Å². The minimum atomic E-state index is -0.487. The van der Waals surface area contributed by atoms with Crippen molar-refractivity contribution >= 4 is 35.3 Å². The Morgan fingerprint density at radius 3 is 1.60 bits per heavy atom. The van der Waals surface area contributed by atoms with Crippen molar-refractivity contribution < 1.29 is 84.3 Å². The van der Waals surface area contributed by atoms with Gasteiger partial charge in [-0.1, -0.05) is 51.9 Å². The van der Waals surface area contributed by atoms with Crippen molar-refractivity contribution in [2.24, 2.45) is 19.8 Å². The summed E-state index contributed by atoms with van der Waals surface area (Å²) in [6, 6.07) is 6.19. The Morgan fingerprint density at radius 2 is 1.19 bits per heavy atom. The Labute approximate surface area is 443 Å². The third kappa shape index (κ3) is 15.0. The third-order valence-corrected chi connectivity index (χ3v) is 9.76. The summed E-state index contributed by atoms with van der Waals surface area (Å²) >= 11 is 0. The molecule has 0 bridgehead atoms. The van der Waals surface area contributed by atoms with Crippen LogP contribution >= 0.6 is 0 Å². The van der Waals surface area contributed by atoms with E-state index in [0.29, 0.717) is 40.8 Å². The zero-order valence-corrected chi connectivity index (χ0v) is 43.7. The molecule has 6 aromatic heterocycles. The number of carbonyl (C=O) groups is 1. The van der Waals surface area contributed by atoms with Gasteiger partial charge in [0.2, 0.25) is 17.7 Å². The van der Waals surface area contributed by atoms with Crippen molar-refractivity contribution in [3.05, 3.63) is 119 Å². The predicted molar refractivity (Wildman–Crippen MR) is 246 cm³/mol. The Kier molecular flexibility index (Phi) is 19.5. The molecule has 0 unspecified atom stereocenters.